The number of hydrogen-bond donors (Lipinski definition) is 3. The predicted molar refractivity (Wildman–Crippen MR) is 86.1 cm³/mol. The minimum atomic E-state index is -2.92. The van der Waals surface area contributed by atoms with Gasteiger partial charge in [-0.2, -0.15) is 8.78 Å². The lowest BCUT2D eigenvalue weighted by Crippen LogP contribution is -2.30. The number of rotatable bonds is 7. The van der Waals surface area contributed by atoms with E-state index in [1.54, 1.807) is 18.2 Å². The van der Waals surface area contributed by atoms with Gasteiger partial charge in [-0.1, -0.05) is 36.4 Å². The first kappa shape index (κ1) is 17.7. The Kier molecular flexibility index (Phi) is 6.51. The average molecular weight is 336 g/mol. The van der Waals surface area contributed by atoms with Crippen LogP contribution in [0.5, 0.6) is 5.75 Å². The van der Waals surface area contributed by atoms with Gasteiger partial charge in [0.15, 0.2) is 0 Å². The minimum Gasteiger partial charge on any atom is -0.435 e. The summed E-state index contributed by atoms with van der Waals surface area (Å²) in [6, 6.07) is 14.3. The van der Waals surface area contributed by atoms with E-state index in [4.69, 9.17) is 0 Å². The Morgan fingerprint density at radius 1 is 1.12 bits per heavy atom. The Bertz CT molecular complexity index is 653. The van der Waals surface area contributed by atoms with Crippen molar-refractivity contribution in [1.29, 1.82) is 0 Å². The number of amides is 2. The van der Waals surface area contributed by atoms with Crippen LogP contribution in [0.3, 0.4) is 0 Å². The van der Waals surface area contributed by atoms with Crippen molar-refractivity contribution in [1.82, 2.24) is 5.32 Å². The van der Waals surface area contributed by atoms with Gasteiger partial charge in [-0.05, 0) is 24.1 Å². The minimum absolute atomic E-state index is 0.0395. The smallest absolute Gasteiger partial charge is 0.387 e. The number of aliphatic hydroxyl groups is 1. The van der Waals surface area contributed by atoms with Crippen molar-refractivity contribution < 1.29 is 23.4 Å². The highest BCUT2D eigenvalue weighted by molar-refractivity contribution is 5.89. The van der Waals surface area contributed by atoms with Gasteiger partial charge in [0, 0.05) is 18.3 Å². The van der Waals surface area contributed by atoms with Crippen LogP contribution in [-0.4, -0.2) is 24.3 Å². The molecule has 5 nitrogen and oxygen atoms in total. The number of benzene rings is 2. The molecule has 0 bridgehead atoms. The molecule has 128 valence electrons. The summed E-state index contributed by atoms with van der Waals surface area (Å²) in [5.41, 5.74) is 1.10. The van der Waals surface area contributed by atoms with E-state index in [1.807, 2.05) is 18.2 Å². The molecule has 0 saturated carbocycles. The number of anilines is 1. The highest BCUT2D eigenvalue weighted by Gasteiger charge is 2.09. The predicted octanol–water partition coefficient (Wildman–Crippen LogP) is 3.53. The maximum Gasteiger partial charge on any atom is 0.387 e. The van der Waals surface area contributed by atoms with Gasteiger partial charge in [0.1, 0.15) is 5.75 Å². The molecule has 0 aliphatic carbocycles. The Hall–Kier alpha value is -2.67. The molecule has 0 aliphatic heterocycles. The summed E-state index contributed by atoms with van der Waals surface area (Å²) >= 11 is 0. The summed E-state index contributed by atoms with van der Waals surface area (Å²) in [5, 5.41) is 15.1. The Labute approximate surface area is 138 Å². The van der Waals surface area contributed by atoms with Crippen molar-refractivity contribution in [2.75, 3.05) is 11.9 Å². The Morgan fingerprint density at radius 2 is 1.88 bits per heavy atom. The van der Waals surface area contributed by atoms with Crippen LogP contribution in [0.4, 0.5) is 19.3 Å². The normalized spacial score (nSPS) is 11.8. The van der Waals surface area contributed by atoms with Crippen LogP contribution in [0.2, 0.25) is 0 Å². The van der Waals surface area contributed by atoms with E-state index in [0.717, 1.165) is 5.56 Å². The molecule has 2 aromatic rings. The van der Waals surface area contributed by atoms with Crippen molar-refractivity contribution in [3.63, 3.8) is 0 Å². The van der Waals surface area contributed by atoms with E-state index in [0.29, 0.717) is 12.1 Å². The number of ether oxygens (including phenoxy) is 1. The molecule has 1 atom stereocenters. The number of carbonyl (C=O) groups is 1. The number of hydrogen-bond acceptors (Lipinski definition) is 3. The molecule has 7 heteroatoms. The van der Waals surface area contributed by atoms with Crippen LogP contribution in [0.25, 0.3) is 0 Å². The Morgan fingerprint density at radius 3 is 2.58 bits per heavy atom. The summed E-state index contributed by atoms with van der Waals surface area (Å²) in [4.78, 5) is 11.8. The van der Waals surface area contributed by atoms with Gasteiger partial charge in [0.25, 0.3) is 0 Å². The quantitative estimate of drug-likeness (QED) is 0.724. The van der Waals surface area contributed by atoms with Crippen LogP contribution < -0.4 is 15.4 Å². The van der Waals surface area contributed by atoms with Crippen LogP contribution >= 0.6 is 0 Å². The van der Waals surface area contributed by atoms with Gasteiger partial charge in [0.2, 0.25) is 0 Å². The second-order valence-electron chi connectivity index (χ2n) is 5.00. The first-order valence-electron chi connectivity index (χ1n) is 7.37. The number of carbonyl (C=O) groups excluding carboxylic acids is 1. The second kappa shape index (κ2) is 8.83. The molecule has 0 aromatic heterocycles. The van der Waals surface area contributed by atoms with Crippen molar-refractivity contribution in [3.05, 3.63) is 60.2 Å². The maximum absolute atomic E-state index is 12.2. The fourth-order valence-corrected chi connectivity index (χ4v) is 2.09. The fraction of sp³-hybridized carbons (Fsp3) is 0.235. The summed E-state index contributed by atoms with van der Waals surface area (Å²) in [6.07, 6.45) is -0.319. The summed E-state index contributed by atoms with van der Waals surface area (Å²) in [5.74, 6) is -0.0395. The average Bonchev–Trinajstić information content (AvgIpc) is 2.55. The lowest BCUT2D eigenvalue weighted by molar-refractivity contribution is -0.0497. The monoisotopic (exact) mass is 336 g/mol. The van der Waals surface area contributed by atoms with E-state index in [2.05, 4.69) is 15.4 Å². The van der Waals surface area contributed by atoms with Gasteiger partial charge in [-0.15, -0.1) is 0 Å². The summed E-state index contributed by atoms with van der Waals surface area (Å²) in [7, 11) is 0. The molecule has 24 heavy (non-hydrogen) atoms. The highest BCUT2D eigenvalue weighted by Crippen LogP contribution is 2.19. The molecule has 2 aromatic carbocycles. The number of alkyl halides is 2. The van der Waals surface area contributed by atoms with E-state index in [1.165, 1.54) is 18.2 Å². The molecule has 1 unspecified atom stereocenters. The third-order valence-electron chi connectivity index (χ3n) is 3.20. The topological polar surface area (TPSA) is 70.6 Å². The molecular weight excluding hydrogens is 318 g/mol. The summed E-state index contributed by atoms with van der Waals surface area (Å²) < 4.78 is 28.6. The maximum atomic E-state index is 12.2. The van der Waals surface area contributed by atoms with E-state index >= 15 is 0 Å². The highest BCUT2D eigenvalue weighted by atomic mass is 19.3. The second-order valence-corrected chi connectivity index (χ2v) is 5.00. The Balaban J connectivity index is 1.77. The molecule has 0 saturated heterocycles. The van der Waals surface area contributed by atoms with Crippen LogP contribution in [0.1, 0.15) is 18.1 Å². The van der Waals surface area contributed by atoms with Gasteiger partial charge in [-0.3, -0.25) is 0 Å². The van der Waals surface area contributed by atoms with Gasteiger partial charge in [0.05, 0.1) is 6.10 Å². The van der Waals surface area contributed by atoms with Crippen LogP contribution in [0, 0.1) is 0 Å². The van der Waals surface area contributed by atoms with E-state index in [-0.39, 0.29) is 12.3 Å². The third kappa shape index (κ3) is 5.85. The van der Waals surface area contributed by atoms with Crippen LogP contribution in [-0.2, 0) is 0 Å². The lowest BCUT2D eigenvalue weighted by atomic mass is 10.1. The number of halogens is 2. The SMILES string of the molecule is O=C(NCCC(O)c1ccccc1)Nc1cccc(OC(F)F)c1. The van der Waals surface area contributed by atoms with Gasteiger partial charge in [-0.25, -0.2) is 4.79 Å². The molecule has 0 radical (unpaired) electrons. The molecule has 0 heterocycles. The van der Waals surface area contributed by atoms with Crippen molar-refractivity contribution >= 4 is 11.7 Å². The number of nitrogens with one attached hydrogen (secondary N) is 2. The van der Waals surface area contributed by atoms with Crippen LogP contribution in [0.15, 0.2) is 54.6 Å². The molecule has 0 aliphatic rings. The largest absolute Gasteiger partial charge is 0.435 e. The molecule has 0 fully saturated rings. The molecule has 3 N–H and O–H groups in total. The first-order valence-corrected chi connectivity index (χ1v) is 7.37. The summed E-state index contributed by atoms with van der Waals surface area (Å²) in [6.45, 7) is -2.66. The molecular formula is C17H18F2N2O3. The van der Waals surface area contributed by atoms with Gasteiger partial charge < -0.3 is 20.5 Å². The van der Waals surface area contributed by atoms with E-state index < -0.39 is 18.7 Å². The van der Waals surface area contributed by atoms with Crippen molar-refractivity contribution in [2.24, 2.45) is 0 Å². The molecule has 2 rings (SSSR count). The van der Waals surface area contributed by atoms with E-state index in [9.17, 15) is 18.7 Å². The number of urea groups is 1. The van der Waals surface area contributed by atoms with Crippen molar-refractivity contribution in [2.45, 2.75) is 19.1 Å². The standard InChI is InChI=1S/C17H18F2N2O3/c18-16(19)24-14-8-4-7-13(11-14)21-17(23)20-10-9-15(22)12-5-2-1-3-6-12/h1-8,11,15-16,22H,9-10H2,(H2,20,21,23). The molecule has 0 spiro atoms. The third-order valence-corrected chi connectivity index (χ3v) is 3.20. The number of aliphatic hydroxyl groups excluding tert-OH is 1. The zero-order valence-electron chi connectivity index (χ0n) is 12.8. The van der Waals surface area contributed by atoms with Gasteiger partial charge >= 0.3 is 12.6 Å². The lowest BCUT2D eigenvalue weighted by Gasteiger charge is -2.12. The van der Waals surface area contributed by atoms with Crippen molar-refractivity contribution in [3.8, 4) is 5.75 Å². The zero-order chi connectivity index (χ0) is 17.4. The zero-order valence-corrected chi connectivity index (χ0v) is 12.8. The molecule has 2 amide bonds. The fourth-order valence-electron chi connectivity index (χ4n) is 2.09. The first-order chi connectivity index (χ1) is 11.5.